The highest BCUT2D eigenvalue weighted by molar-refractivity contribution is 5.78. The number of hydrogen-bond donors (Lipinski definition) is 1. The molecule has 0 heterocycles. The molecule has 3 heteroatoms. The van der Waals surface area contributed by atoms with Crippen LogP contribution in [0.1, 0.15) is 13.8 Å². The van der Waals surface area contributed by atoms with Gasteiger partial charge in [0.05, 0.1) is 12.7 Å². The van der Waals surface area contributed by atoms with Gasteiger partial charge in [0.25, 0.3) is 0 Å². The number of Topliss-reactive ketones (excluding diaryl/α,β-unsaturated/α-hetero) is 1. The minimum absolute atomic E-state index is 0.00968. The zero-order valence-electron chi connectivity index (χ0n) is 6.63. The van der Waals surface area contributed by atoms with Crippen molar-refractivity contribution in [2.45, 2.75) is 20.0 Å². The van der Waals surface area contributed by atoms with E-state index in [2.05, 4.69) is 4.74 Å². The van der Waals surface area contributed by atoms with Crippen molar-refractivity contribution in [1.82, 2.24) is 0 Å². The van der Waals surface area contributed by atoms with E-state index in [0.29, 0.717) is 0 Å². The summed E-state index contributed by atoms with van der Waals surface area (Å²) in [4.78, 5) is 10.6. The van der Waals surface area contributed by atoms with E-state index in [9.17, 15) is 4.79 Å². The van der Waals surface area contributed by atoms with Crippen LogP contribution in [0.5, 0.6) is 0 Å². The smallest absolute Gasteiger partial charge is 0.135 e. The van der Waals surface area contributed by atoms with Crippen LogP contribution in [0.25, 0.3) is 0 Å². The second kappa shape index (κ2) is 4.41. The van der Waals surface area contributed by atoms with Crippen LogP contribution in [0.15, 0.2) is 0 Å². The molecule has 60 valence electrons. The summed E-state index contributed by atoms with van der Waals surface area (Å²) >= 11 is 0. The molecular formula is C7H14O3. The second-order valence-electron chi connectivity index (χ2n) is 2.42. The molecule has 0 radical (unpaired) electrons. The molecule has 0 bridgehead atoms. The van der Waals surface area contributed by atoms with E-state index in [1.165, 1.54) is 14.0 Å². The van der Waals surface area contributed by atoms with Gasteiger partial charge < -0.3 is 9.84 Å². The summed E-state index contributed by atoms with van der Waals surface area (Å²) in [6, 6.07) is 0. The maximum absolute atomic E-state index is 10.6. The molecule has 0 aliphatic rings. The van der Waals surface area contributed by atoms with Crippen LogP contribution in [0.3, 0.4) is 0 Å². The van der Waals surface area contributed by atoms with Crippen LogP contribution in [0, 0.1) is 5.92 Å². The van der Waals surface area contributed by atoms with Crippen LogP contribution >= 0.6 is 0 Å². The molecule has 0 amide bonds. The number of rotatable bonds is 4. The number of aliphatic hydroxyl groups is 1. The molecule has 10 heavy (non-hydrogen) atoms. The number of hydrogen-bond acceptors (Lipinski definition) is 3. The number of aliphatic hydroxyl groups excluding tert-OH is 1. The quantitative estimate of drug-likeness (QED) is 0.617. The first-order valence-electron chi connectivity index (χ1n) is 3.27. The Morgan fingerprint density at radius 2 is 2.20 bits per heavy atom. The predicted molar refractivity (Wildman–Crippen MR) is 37.7 cm³/mol. The molecule has 0 aliphatic heterocycles. The summed E-state index contributed by atoms with van der Waals surface area (Å²) in [6.45, 7) is 3.37. The Morgan fingerprint density at radius 3 is 2.50 bits per heavy atom. The van der Waals surface area contributed by atoms with Crippen molar-refractivity contribution in [2.75, 3.05) is 13.7 Å². The Labute approximate surface area is 61.0 Å². The van der Waals surface area contributed by atoms with E-state index in [1.807, 2.05) is 0 Å². The lowest BCUT2D eigenvalue weighted by atomic mass is 10.0. The minimum Gasteiger partial charge on any atom is -0.390 e. The highest BCUT2D eigenvalue weighted by Gasteiger charge is 2.17. The Balaban J connectivity index is 3.69. The van der Waals surface area contributed by atoms with Crippen molar-refractivity contribution >= 4 is 5.78 Å². The maximum atomic E-state index is 10.6. The van der Waals surface area contributed by atoms with Crippen molar-refractivity contribution in [2.24, 2.45) is 5.92 Å². The van der Waals surface area contributed by atoms with Crippen molar-refractivity contribution in [3.63, 3.8) is 0 Å². The van der Waals surface area contributed by atoms with E-state index in [0.717, 1.165) is 0 Å². The molecule has 0 spiro atoms. The molecule has 2 atom stereocenters. The molecule has 3 nitrogen and oxygen atoms in total. The summed E-state index contributed by atoms with van der Waals surface area (Å²) in [5.74, 6) is -0.329. The molecule has 0 aromatic carbocycles. The highest BCUT2D eigenvalue weighted by Crippen LogP contribution is 2.03. The SMILES string of the molecule is COC[C@@H](O)[C@H](C)C(C)=O. The average molecular weight is 146 g/mol. The first-order valence-corrected chi connectivity index (χ1v) is 3.27. The van der Waals surface area contributed by atoms with Gasteiger partial charge in [0.2, 0.25) is 0 Å². The first-order chi connectivity index (χ1) is 4.59. The lowest BCUT2D eigenvalue weighted by molar-refractivity contribution is -0.124. The average Bonchev–Trinajstić information content (AvgIpc) is 1.87. The Kier molecular flexibility index (Phi) is 4.23. The third-order valence-corrected chi connectivity index (χ3v) is 1.56. The van der Waals surface area contributed by atoms with Gasteiger partial charge in [0, 0.05) is 13.0 Å². The molecule has 0 aliphatic carbocycles. The van der Waals surface area contributed by atoms with Crippen LogP contribution in [-0.2, 0) is 9.53 Å². The lowest BCUT2D eigenvalue weighted by Crippen LogP contribution is -2.27. The third kappa shape index (κ3) is 2.94. The van der Waals surface area contributed by atoms with Gasteiger partial charge in [-0.3, -0.25) is 4.79 Å². The van der Waals surface area contributed by atoms with Crippen LogP contribution < -0.4 is 0 Å². The minimum atomic E-state index is -0.664. The second-order valence-corrected chi connectivity index (χ2v) is 2.42. The van der Waals surface area contributed by atoms with Gasteiger partial charge in [-0.25, -0.2) is 0 Å². The van der Waals surface area contributed by atoms with Crippen LogP contribution in [-0.4, -0.2) is 30.7 Å². The predicted octanol–water partition coefficient (Wildman–Crippen LogP) is 0.219. The molecular weight excluding hydrogens is 132 g/mol. The Hall–Kier alpha value is -0.410. The number of ether oxygens (including phenoxy) is 1. The van der Waals surface area contributed by atoms with E-state index >= 15 is 0 Å². The normalized spacial score (nSPS) is 16.4. The molecule has 1 N–H and O–H groups in total. The monoisotopic (exact) mass is 146 g/mol. The zero-order chi connectivity index (χ0) is 8.15. The van der Waals surface area contributed by atoms with E-state index < -0.39 is 6.10 Å². The number of ketones is 1. The lowest BCUT2D eigenvalue weighted by Gasteiger charge is -2.14. The summed E-state index contributed by atoms with van der Waals surface area (Å²) in [5, 5.41) is 9.14. The van der Waals surface area contributed by atoms with Crippen molar-refractivity contribution in [3.8, 4) is 0 Å². The molecule has 0 aromatic rings. The Bertz CT molecular complexity index is 111. The topological polar surface area (TPSA) is 46.5 Å². The van der Waals surface area contributed by atoms with Gasteiger partial charge in [-0.05, 0) is 6.92 Å². The molecule has 0 saturated heterocycles. The fraction of sp³-hybridized carbons (Fsp3) is 0.857. The van der Waals surface area contributed by atoms with Crippen LogP contribution in [0.4, 0.5) is 0 Å². The summed E-state index contributed by atoms with van der Waals surface area (Å²) in [5.41, 5.74) is 0. The van der Waals surface area contributed by atoms with Gasteiger partial charge in [0.15, 0.2) is 0 Å². The molecule has 0 rings (SSSR count). The highest BCUT2D eigenvalue weighted by atomic mass is 16.5. The zero-order valence-corrected chi connectivity index (χ0v) is 6.63. The summed E-state index contributed by atoms with van der Waals surface area (Å²) in [6.07, 6.45) is -0.664. The van der Waals surface area contributed by atoms with Crippen molar-refractivity contribution in [3.05, 3.63) is 0 Å². The fourth-order valence-electron chi connectivity index (χ4n) is 0.586. The van der Waals surface area contributed by atoms with Gasteiger partial charge in [-0.15, -0.1) is 0 Å². The fourth-order valence-corrected chi connectivity index (χ4v) is 0.586. The van der Waals surface area contributed by atoms with Gasteiger partial charge in [-0.2, -0.15) is 0 Å². The number of carbonyl (C=O) groups is 1. The van der Waals surface area contributed by atoms with E-state index in [1.54, 1.807) is 6.92 Å². The molecule has 0 aromatic heterocycles. The van der Waals surface area contributed by atoms with E-state index in [4.69, 9.17) is 5.11 Å². The third-order valence-electron chi connectivity index (χ3n) is 1.56. The summed E-state index contributed by atoms with van der Waals surface area (Å²) < 4.78 is 4.67. The van der Waals surface area contributed by atoms with Gasteiger partial charge >= 0.3 is 0 Å². The standard InChI is InChI=1S/C7H14O3/c1-5(6(2)8)7(9)4-10-3/h5,7,9H,4H2,1-3H3/t5-,7-/m1/s1. The van der Waals surface area contributed by atoms with Crippen LogP contribution in [0.2, 0.25) is 0 Å². The molecule has 0 saturated carbocycles. The van der Waals surface area contributed by atoms with Gasteiger partial charge in [-0.1, -0.05) is 6.92 Å². The Morgan fingerprint density at radius 1 is 1.70 bits per heavy atom. The largest absolute Gasteiger partial charge is 0.390 e. The summed E-state index contributed by atoms with van der Waals surface area (Å²) in [7, 11) is 1.50. The van der Waals surface area contributed by atoms with Crippen molar-refractivity contribution in [1.29, 1.82) is 0 Å². The maximum Gasteiger partial charge on any atom is 0.135 e. The first kappa shape index (κ1) is 9.59. The van der Waals surface area contributed by atoms with E-state index in [-0.39, 0.29) is 18.3 Å². The number of methoxy groups -OCH3 is 1. The molecule has 0 fully saturated rings. The number of carbonyl (C=O) groups excluding carboxylic acids is 1. The van der Waals surface area contributed by atoms with Gasteiger partial charge in [0.1, 0.15) is 5.78 Å². The molecule has 0 unspecified atom stereocenters. The van der Waals surface area contributed by atoms with Crippen molar-refractivity contribution < 1.29 is 14.6 Å².